The summed E-state index contributed by atoms with van der Waals surface area (Å²) in [7, 11) is 3.63. The summed E-state index contributed by atoms with van der Waals surface area (Å²) in [5.74, 6) is 3.68. The molecule has 160 valence electrons. The van der Waals surface area contributed by atoms with E-state index in [1.807, 2.05) is 7.05 Å². The molecule has 29 heavy (non-hydrogen) atoms. The summed E-state index contributed by atoms with van der Waals surface area (Å²) >= 11 is 0. The topological polar surface area (TPSA) is 49.3 Å². The number of hydrogen-bond acceptors (Lipinski definition) is 4. The number of ether oxygens (including phenoxy) is 2. The summed E-state index contributed by atoms with van der Waals surface area (Å²) in [6.45, 7) is 6.71. The van der Waals surface area contributed by atoms with Crippen molar-refractivity contribution in [3.05, 3.63) is 29.8 Å². The van der Waals surface area contributed by atoms with Gasteiger partial charge >= 0.3 is 0 Å². The lowest BCUT2D eigenvalue weighted by Gasteiger charge is -2.35. The van der Waals surface area contributed by atoms with Crippen molar-refractivity contribution in [3.63, 3.8) is 0 Å². The van der Waals surface area contributed by atoms with E-state index in [9.17, 15) is 0 Å². The first-order valence-corrected chi connectivity index (χ1v) is 11.2. The van der Waals surface area contributed by atoms with E-state index in [1.165, 1.54) is 31.2 Å². The summed E-state index contributed by atoms with van der Waals surface area (Å²) in [5.41, 5.74) is 1.31. The summed E-state index contributed by atoms with van der Waals surface area (Å²) in [6, 6.07) is 8.79. The number of aliphatic imine (C=N–C) groups is 1. The molecule has 1 aromatic carbocycles. The minimum atomic E-state index is 0.298. The molecule has 0 radical (unpaired) electrons. The normalized spacial score (nSPS) is 26.8. The Hall–Kier alpha value is -1.79. The van der Waals surface area contributed by atoms with Crippen LogP contribution in [-0.4, -0.2) is 75.9 Å². The molecule has 3 unspecified atom stereocenters. The van der Waals surface area contributed by atoms with Crippen LogP contribution in [0.15, 0.2) is 29.3 Å². The molecule has 0 amide bonds. The molecule has 3 fully saturated rings. The van der Waals surface area contributed by atoms with Gasteiger partial charge in [0.25, 0.3) is 0 Å². The van der Waals surface area contributed by atoms with Gasteiger partial charge in [-0.2, -0.15) is 0 Å². The maximum atomic E-state index is 5.59. The van der Waals surface area contributed by atoms with Gasteiger partial charge in [-0.15, -0.1) is 0 Å². The zero-order chi connectivity index (χ0) is 20.1. The number of nitrogens with one attached hydrogen (secondary N) is 1. The first kappa shape index (κ1) is 20.5. The molecule has 0 spiro atoms. The van der Waals surface area contributed by atoms with Crippen molar-refractivity contribution in [1.82, 2.24) is 15.1 Å². The van der Waals surface area contributed by atoms with Crippen molar-refractivity contribution in [2.24, 2.45) is 16.8 Å². The number of guanidine groups is 1. The van der Waals surface area contributed by atoms with E-state index in [-0.39, 0.29) is 0 Å². The van der Waals surface area contributed by atoms with Crippen LogP contribution in [-0.2, 0) is 4.74 Å². The second kappa shape index (κ2) is 9.81. The molecule has 1 aliphatic carbocycles. The number of rotatable bonds is 5. The summed E-state index contributed by atoms with van der Waals surface area (Å²) in [6.07, 6.45) is 5.58. The van der Waals surface area contributed by atoms with Gasteiger partial charge in [-0.1, -0.05) is 25.0 Å². The largest absolute Gasteiger partial charge is 0.497 e. The number of hydrogen-bond donors (Lipinski definition) is 1. The van der Waals surface area contributed by atoms with Crippen LogP contribution in [0.5, 0.6) is 5.75 Å². The third-order valence-electron chi connectivity index (χ3n) is 6.93. The van der Waals surface area contributed by atoms with Crippen LogP contribution in [0.25, 0.3) is 0 Å². The Balaban J connectivity index is 1.43. The van der Waals surface area contributed by atoms with E-state index >= 15 is 0 Å². The fourth-order valence-electron chi connectivity index (χ4n) is 5.27. The molecule has 2 aliphatic heterocycles. The quantitative estimate of drug-likeness (QED) is 0.608. The Morgan fingerprint density at radius 2 is 1.79 bits per heavy atom. The molecule has 1 aromatic rings. The van der Waals surface area contributed by atoms with Gasteiger partial charge in [0.15, 0.2) is 5.96 Å². The van der Waals surface area contributed by atoms with Crippen molar-refractivity contribution < 1.29 is 9.47 Å². The zero-order valence-corrected chi connectivity index (χ0v) is 18.0. The Morgan fingerprint density at radius 1 is 1.14 bits per heavy atom. The van der Waals surface area contributed by atoms with Gasteiger partial charge in [0.2, 0.25) is 0 Å². The lowest BCUT2D eigenvalue weighted by atomic mass is 9.82. The van der Waals surface area contributed by atoms with Crippen molar-refractivity contribution in [2.45, 2.75) is 31.7 Å². The second-order valence-corrected chi connectivity index (χ2v) is 8.58. The summed E-state index contributed by atoms with van der Waals surface area (Å²) in [4.78, 5) is 9.65. The molecule has 1 saturated carbocycles. The minimum absolute atomic E-state index is 0.298. The molecule has 0 aromatic heterocycles. The van der Waals surface area contributed by atoms with Gasteiger partial charge in [0.05, 0.1) is 26.4 Å². The minimum Gasteiger partial charge on any atom is -0.497 e. The summed E-state index contributed by atoms with van der Waals surface area (Å²) in [5, 5.41) is 3.71. The molecule has 1 N–H and O–H groups in total. The first-order valence-electron chi connectivity index (χ1n) is 11.2. The van der Waals surface area contributed by atoms with Crippen LogP contribution < -0.4 is 10.1 Å². The van der Waals surface area contributed by atoms with Crippen LogP contribution in [0, 0.1) is 11.8 Å². The highest BCUT2D eigenvalue weighted by atomic mass is 16.5. The highest BCUT2D eigenvalue weighted by Gasteiger charge is 2.35. The van der Waals surface area contributed by atoms with Crippen LogP contribution in [0.4, 0.5) is 0 Å². The predicted molar refractivity (Wildman–Crippen MR) is 117 cm³/mol. The molecular weight excluding hydrogens is 364 g/mol. The molecule has 6 heteroatoms. The number of morpholine rings is 1. The smallest absolute Gasteiger partial charge is 0.193 e. The van der Waals surface area contributed by atoms with Gasteiger partial charge < -0.3 is 19.7 Å². The first-order chi connectivity index (χ1) is 14.3. The molecule has 2 heterocycles. The van der Waals surface area contributed by atoms with Crippen molar-refractivity contribution in [1.29, 1.82) is 0 Å². The van der Waals surface area contributed by atoms with E-state index in [1.54, 1.807) is 7.11 Å². The SMILES string of the molecule is CN=C(NCC(c1ccc(OC)cc1)N1CCOCC1)N1CC2CCCCC2C1. The lowest BCUT2D eigenvalue weighted by Crippen LogP contribution is -2.47. The van der Waals surface area contributed by atoms with Crippen molar-refractivity contribution >= 4 is 5.96 Å². The highest BCUT2D eigenvalue weighted by Crippen LogP contribution is 2.36. The number of nitrogens with zero attached hydrogens (tertiary/aromatic N) is 3. The van der Waals surface area contributed by atoms with Crippen molar-refractivity contribution in [2.75, 3.05) is 60.1 Å². The average molecular weight is 401 g/mol. The Labute approximate surface area is 175 Å². The van der Waals surface area contributed by atoms with Crippen LogP contribution in [0.2, 0.25) is 0 Å². The van der Waals surface area contributed by atoms with Gasteiger partial charge in [0.1, 0.15) is 5.75 Å². The standard InChI is InChI=1S/C23H36N4O2/c1-24-23(27-16-19-5-3-4-6-20(19)17-27)25-15-22(26-11-13-29-14-12-26)18-7-9-21(28-2)10-8-18/h7-10,19-20,22H,3-6,11-17H2,1-2H3,(H,24,25). The Bertz CT molecular complexity index is 658. The van der Waals surface area contributed by atoms with E-state index < -0.39 is 0 Å². The molecule has 0 bridgehead atoms. The monoisotopic (exact) mass is 400 g/mol. The second-order valence-electron chi connectivity index (χ2n) is 8.58. The Morgan fingerprint density at radius 3 is 2.38 bits per heavy atom. The molecule has 2 saturated heterocycles. The van der Waals surface area contributed by atoms with Gasteiger partial charge in [-0.05, 0) is 42.4 Å². The fraction of sp³-hybridized carbons (Fsp3) is 0.696. The van der Waals surface area contributed by atoms with E-state index in [0.717, 1.165) is 69.5 Å². The highest BCUT2D eigenvalue weighted by molar-refractivity contribution is 5.80. The van der Waals surface area contributed by atoms with E-state index in [0.29, 0.717) is 6.04 Å². The number of fused-ring (bicyclic) bond motifs is 1. The molecule has 3 aliphatic rings. The van der Waals surface area contributed by atoms with E-state index in [4.69, 9.17) is 9.47 Å². The summed E-state index contributed by atoms with van der Waals surface area (Å²) < 4.78 is 10.9. The number of likely N-dealkylation sites (tertiary alicyclic amines) is 1. The molecule has 6 nitrogen and oxygen atoms in total. The fourth-order valence-corrected chi connectivity index (χ4v) is 5.27. The maximum Gasteiger partial charge on any atom is 0.193 e. The van der Waals surface area contributed by atoms with Gasteiger partial charge in [0, 0.05) is 39.8 Å². The lowest BCUT2D eigenvalue weighted by molar-refractivity contribution is 0.0169. The van der Waals surface area contributed by atoms with E-state index in [2.05, 4.69) is 44.4 Å². The van der Waals surface area contributed by atoms with Crippen LogP contribution in [0.3, 0.4) is 0 Å². The third-order valence-corrected chi connectivity index (χ3v) is 6.93. The van der Waals surface area contributed by atoms with Gasteiger partial charge in [-0.25, -0.2) is 0 Å². The Kier molecular flexibility index (Phi) is 6.93. The number of benzene rings is 1. The third kappa shape index (κ3) is 4.86. The predicted octanol–water partition coefficient (Wildman–Crippen LogP) is 2.77. The molecule has 4 rings (SSSR count). The van der Waals surface area contributed by atoms with Crippen LogP contribution >= 0.6 is 0 Å². The van der Waals surface area contributed by atoms with Crippen molar-refractivity contribution in [3.8, 4) is 5.75 Å². The number of methoxy groups -OCH3 is 1. The van der Waals surface area contributed by atoms with Gasteiger partial charge in [-0.3, -0.25) is 9.89 Å². The zero-order valence-electron chi connectivity index (χ0n) is 18.0. The average Bonchev–Trinajstić information content (AvgIpc) is 3.21. The molecular formula is C23H36N4O2. The molecule has 3 atom stereocenters. The maximum absolute atomic E-state index is 5.59. The van der Waals surface area contributed by atoms with Crippen LogP contribution in [0.1, 0.15) is 37.3 Å².